The molecule has 1 N–H and O–H groups in total. The maximum Gasteiger partial charge on any atom is 0.303 e. The van der Waals surface area contributed by atoms with E-state index < -0.39 is 15.8 Å². The standard InChI is InChI=1S/C11H14O4S2/c1-16-9-5-3-8(4-6-11(12)13)7-10(9)17(2,14)15/h3,5,7H,4,6H2,1-2H3,(H,12,13). The molecule has 17 heavy (non-hydrogen) atoms. The number of aliphatic carboxylic acids is 1. The van der Waals surface area contributed by atoms with Gasteiger partial charge in [-0.1, -0.05) is 6.07 Å². The average molecular weight is 274 g/mol. The molecule has 0 aliphatic heterocycles. The Bertz CT molecular complexity index is 520. The maximum absolute atomic E-state index is 11.6. The van der Waals surface area contributed by atoms with Crippen molar-refractivity contribution in [3.63, 3.8) is 0 Å². The predicted molar refractivity (Wildman–Crippen MR) is 67.3 cm³/mol. The molecule has 0 amide bonds. The van der Waals surface area contributed by atoms with E-state index in [0.717, 1.165) is 11.8 Å². The summed E-state index contributed by atoms with van der Waals surface area (Å²) >= 11 is 1.36. The number of carbonyl (C=O) groups is 1. The first-order chi connectivity index (χ1) is 7.84. The highest BCUT2D eigenvalue weighted by molar-refractivity contribution is 7.99. The van der Waals surface area contributed by atoms with Crippen LogP contribution in [0.4, 0.5) is 0 Å². The van der Waals surface area contributed by atoms with Crippen molar-refractivity contribution in [1.82, 2.24) is 0 Å². The van der Waals surface area contributed by atoms with Gasteiger partial charge in [0.2, 0.25) is 0 Å². The zero-order valence-electron chi connectivity index (χ0n) is 9.63. The summed E-state index contributed by atoms with van der Waals surface area (Å²) in [5, 5.41) is 8.58. The lowest BCUT2D eigenvalue weighted by Gasteiger charge is -2.07. The van der Waals surface area contributed by atoms with Crippen molar-refractivity contribution in [3.8, 4) is 0 Å². The third-order valence-corrected chi connectivity index (χ3v) is 4.32. The molecule has 0 unspecified atom stereocenters. The molecule has 0 aromatic heterocycles. The van der Waals surface area contributed by atoms with Gasteiger partial charge in [-0.05, 0) is 30.4 Å². The minimum Gasteiger partial charge on any atom is -0.481 e. The van der Waals surface area contributed by atoms with Crippen LogP contribution in [0.1, 0.15) is 12.0 Å². The highest BCUT2D eigenvalue weighted by atomic mass is 32.2. The van der Waals surface area contributed by atoms with Crippen LogP contribution in [-0.4, -0.2) is 32.0 Å². The molecule has 1 aromatic rings. The van der Waals surface area contributed by atoms with Crippen LogP contribution in [0, 0.1) is 0 Å². The largest absolute Gasteiger partial charge is 0.481 e. The zero-order valence-corrected chi connectivity index (χ0v) is 11.3. The topological polar surface area (TPSA) is 71.4 Å². The molecule has 0 aliphatic rings. The van der Waals surface area contributed by atoms with Crippen LogP contribution in [0.3, 0.4) is 0 Å². The summed E-state index contributed by atoms with van der Waals surface area (Å²) in [5.41, 5.74) is 0.727. The van der Waals surface area contributed by atoms with Gasteiger partial charge in [-0.25, -0.2) is 8.42 Å². The molecule has 0 saturated carbocycles. The van der Waals surface area contributed by atoms with E-state index in [9.17, 15) is 13.2 Å². The van der Waals surface area contributed by atoms with E-state index in [-0.39, 0.29) is 11.3 Å². The fraction of sp³-hybridized carbons (Fsp3) is 0.364. The molecule has 0 heterocycles. The van der Waals surface area contributed by atoms with Gasteiger partial charge in [0, 0.05) is 17.6 Å². The normalized spacial score (nSPS) is 11.4. The smallest absolute Gasteiger partial charge is 0.303 e. The van der Waals surface area contributed by atoms with Gasteiger partial charge < -0.3 is 5.11 Å². The average Bonchev–Trinajstić information content (AvgIpc) is 2.24. The fourth-order valence-corrected chi connectivity index (χ4v) is 3.38. The molecular formula is C11H14O4S2. The van der Waals surface area contributed by atoms with E-state index >= 15 is 0 Å². The van der Waals surface area contributed by atoms with Crippen molar-refractivity contribution in [2.75, 3.05) is 12.5 Å². The number of benzene rings is 1. The Kier molecular flexibility index (Phi) is 4.59. The van der Waals surface area contributed by atoms with Crippen LogP contribution in [0.2, 0.25) is 0 Å². The Morgan fingerprint density at radius 3 is 2.53 bits per heavy atom. The van der Waals surface area contributed by atoms with E-state index in [2.05, 4.69) is 0 Å². The maximum atomic E-state index is 11.6. The Labute approximate surface area is 105 Å². The second-order valence-electron chi connectivity index (χ2n) is 3.65. The lowest BCUT2D eigenvalue weighted by molar-refractivity contribution is -0.136. The van der Waals surface area contributed by atoms with E-state index in [0.29, 0.717) is 11.3 Å². The molecule has 0 aliphatic carbocycles. The molecule has 0 saturated heterocycles. The van der Waals surface area contributed by atoms with Crippen LogP contribution in [-0.2, 0) is 21.1 Å². The monoisotopic (exact) mass is 274 g/mol. The highest BCUT2D eigenvalue weighted by Crippen LogP contribution is 2.26. The molecule has 0 spiro atoms. The molecule has 0 fully saturated rings. The number of thioether (sulfide) groups is 1. The number of hydrogen-bond acceptors (Lipinski definition) is 4. The van der Waals surface area contributed by atoms with Crippen LogP contribution in [0.15, 0.2) is 28.0 Å². The van der Waals surface area contributed by atoms with Crippen molar-refractivity contribution >= 4 is 27.6 Å². The highest BCUT2D eigenvalue weighted by Gasteiger charge is 2.13. The van der Waals surface area contributed by atoms with Gasteiger partial charge in [0.15, 0.2) is 9.84 Å². The molecule has 6 heteroatoms. The zero-order chi connectivity index (χ0) is 13.1. The Morgan fingerprint density at radius 2 is 2.06 bits per heavy atom. The number of hydrogen-bond donors (Lipinski definition) is 1. The summed E-state index contributed by atoms with van der Waals surface area (Å²) in [6.07, 6.45) is 3.30. The van der Waals surface area contributed by atoms with Crippen LogP contribution < -0.4 is 0 Å². The number of sulfone groups is 1. The van der Waals surface area contributed by atoms with Crippen molar-refractivity contribution < 1.29 is 18.3 Å². The summed E-state index contributed by atoms with van der Waals surface area (Å²) in [4.78, 5) is 11.4. The number of carboxylic acids is 1. The van der Waals surface area contributed by atoms with Crippen LogP contribution >= 0.6 is 11.8 Å². The summed E-state index contributed by atoms with van der Waals surface area (Å²) in [6, 6.07) is 5.05. The van der Waals surface area contributed by atoms with Crippen molar-refractivity contribution in [3.05, 3.63) is 23.8 Å². The van der Waals surface area contributed by atoms with E-state index in [1.165, 1.54) is 11.8 Å². The van der Waals surface area contributed by atoms with Gasteiger partial charge in [0.1, 0.15) is 0 Å². The fourth-order valence-electron chi connectivity index (χ4n) is 1.42. The summed E-state index contributed by atoms with van der Waals surface area (Å²) < 4.78 is 23.1. The first kappa shape index (κ1) is 14.1. The van der Waals surface area contributed by atoms with Gasteiger partial charge in [0.05, 0.1) is 4.90 Å². The molecule has 1 rings (SSSR count). The van der Waals surface area contributed by atoms with Gasteiger partial charge in [-0.2, -0.15) is 0 Å². The second-order valence-corrected chi connectivity index (χ2v) is 6.48. The van der Waals surface area contributed by atoms with Gasteiger partial charge in [0.25, 0.3) is 0 Å². The minimum absolute atomic E-state index is 0.00180. The first-order valence-corrected chi connectivity index (χ1v) is 8.05. The molecule has 4 nitrogen and oxygen atoms in total. The summed E-state index contributed by atoms with van der Waals surface area (Å²) in [7, 11) is -3.27. The molecular weight excluding hydrogens is 260 g/mol. The quantitative estimate of drug-likeness (QED) is 0.829. The predicted octanol–water partition coefficient (Wildman–Crippen LogP) is 1.83. The molecule has 0 bridgehead atoms. The number of rotatable bonds is 5. The van der Waals surface area contributed by atoms with Crippen LogP contribution in [0.5, 0.6) is 0 Å². The number of aryl methyl sites for hydroxylation is 1. The van der Waals surface area contributed by atoms with Crippen LogP contribution in [0.25, 0.3) is 0 Å². The Hall–Kier alpha value is -1.01. The van der Waals surface area contributed by atoms with E-state index in [4.69, 9.17) is 5.11 Å². The lowest BCUT2D eigenvalue weighted by Crippen LogP contribution is -2.02. The Balaban J connectivity index is 3.10. The van der Waals surface area contributed by atoms with Gasteiger partial charge >= 0.3 is 5.97 Å². The van der Waals surface area contributed by atoms with Crippen molar-refractivity contribution in [2.24, 2.45) is 0 Å². The third-order valence-electron chi connectivity index (χ3n) is 2.26. The molecule has 1 aromatic carbocycles. The molecule has 0 radical (unpaired) electrons. The summed E-state index contributed by atoms with van der Waals surface area (Å²) in [5.74, 6) is -0.889. The van der Waals surface area contributed by atoms with E-state index in [1.807, 2.05) is 0 Å². The molecule has 0 atom stereocenters. The molecule has 94 valence electrons. The van der Waals surface area contributed by atoms with Crippen molar-refractivity contribution in [1.29, 1.82) is 0 Å². The second kappa shape index (κ2) is 5.55. The lowest BCUT2D eigenvalue weighted by atomic mass is 10.1. The minimum atomic E-state index is -3.27. The summed E-state index contributed by atoms with van der Waals surface area (Å²) in [6.45, 7) is 0. The van der Waals surface area contributed by atoms with Gasteiger partial charge in [-0.15, -0.1) is 11.8 Å². The van der Waals surface area contributed by atoms with Crippen molar-refractivity contribution in [2.45, 2.75) is 22.6 Å². The Morgan fingerprint density at radius 1 is 1.41 bits per heavy atom. The van der Waals surface area contributed by atoms with E-state index in [1.54, 1.807) is 24.5 Å². The van der Waals surface area contributed by atoms with Gasteiger partial charge in [-0.3, -0.25) is 4.79 Å². The SMILES string of the molecule is CSc1ccc(CCC(=O)O)cc1S(C)(=O)=O. The third kappa shape index (κ3) is 4.05. The number of carboxylic acid groups (broad SMARTS) is 1. The first-order valence-electron chi connectivity index (χ1n) is 4.93.